The molecule has 3 heterocycles. The molecule has 2 aromatic heterocycles. The van der Waals surface area contributed by atoms with Crippen LogP contribution in [-0.4, -0.2) is 55.7 Å². The molecule has 0 atom stereocenters. The largest absolute Gasteiger partial charge is 0.369 e. The fraction of sp³-hybridized carbons (Fsp3) is 0.316. The van der Waals surface area contributed by atoms with Gasteiger partial charge in [0.1, 0.15) is 5.65 Å². The van der Waals surface area contributed by atoms with E-state index in [1.165, 1.54) is 10.9 Å². The first-order valence-corrected chi connectivity index (χ1v) is 10.8. The monoisotopic (exact) mass is 385 g/mol. The average Bonchev–Trinajstić information content (AvgIpc) is 3.05. The first-order chi connectivity index (χ1) is 13.0. The number of nitrogens with one attached hydrogen (secondary N) is 2. The summed E-state index contributed by atoms with van der Waals surface area (Å²) in [6.07, 6.45) is 5.01. The van der Waals surface area contributed by atoms with Crippen LogP contribution in [0.5, 0.6) is 0 Å². The summed E-state index contributed by atoms with van der Waals surface area (Å²) in [6, 6.07) is 11.6. The van der Waals surface area contributed by atoms with Gasteiger partial charge in [-0.15, -0.1) is 0 Å². The van der Waals surface area contributed by atoms with Crippen molar-refractivity contribution in [2.75, 3.05) is 42.1 Å². The minimum absolute atomic E-state index is 0.591. The number of H-pyrrole nitrogens is 1. The zero-order chi connectivity index (χ0) is 18.9. The molecule has 4 rings (SSSR count). The number of rotatable bonds is 5. The molecule has 0 radical (unpaired) electrons. The minimum atomic E-state index is -3.24. The summed E-state index contributed by atoms with van der Waals surface area (Å²) in [7, 11) is -3.24. The molecule has 0 spiro atoms. The summed E-state index contributed by atoms with van der Waals surface area (Å²) in [6.45, 7) is 4.77. The van der Waals surface area contributed by atoms with Crippen LogP contribution >= 0.6 is 0 Å². The van der Waals surface area contributed by atoms with Gasteiger partial charge in [-0.05, 0) is 42.0 Å². The van der Waals surface area contributed by atoms with Crippen LogP contribution in [0.2, 0.25) is 0 Å². The van der Waals surface area contributed by atoms with Gasteiger partial charge in [-0.2, -0.15) is 0 Å². The van der Waals surface area contributed by atoms with E-state index in [1.54, 1.807) is 6.20 Å². The van der Waals surface area contributed by atoms with Crippen LogP contribution in [-0.2, 0) is 16.6 Å². The topological polar surface area (TPSA) is 81.3 Å². The molecule has 1 aliphatic rings. The SMILES string of the molecule is CS(=O)(=O)Nc1ccc(N2CCN(Cc3c[nH]c4ncccc34)CC2)cc1. The standard InChI is InChI=1S/C19H23N5O2S/c1-27(25,26)22-16-4-6-17(7-5-16)24-11-9-23(10-12-24)14-15-13-21-19-18(15)3-2-8-20-19/h2-8,13,22H,9-12,14H2,1H3,(H,20,21). The molecule has 7 nitrogen and oxygen atoms in total. The van der Waals surface area contributed by atoms with Gasteiger partial charge < -0.3 is 9.88 Å². The highest BCUT2D eigenvalue weighted by Crippen LogP contribution is 2.22. The number of sulfonamides is 1. The van der Waals surface area contributed by atoms with Crippen molar-refractivity contribution in [1.29, 1.82) is 0 Å². The van der Waals surface area contributed by atoms with E-state index in [4.69, 9.17) is 0 Å². The lowest BCUT2D eigenvalue weighted by atomic mass is 10.2. The first kappa shape index (κ1) is 17.8. The van der Waals surface area contributed by atoms with Gasteiger partial charge >= 0.3 is 0 Å². The van der Waals surface area contributed by atoms with Crippen molar-refractivity contribution in [3.8, 4) is 0 Å². The Kier molecular flexibility index (Phi) is 4.75. The number of benzene rings is 1. The molecular formula is C19H23N5O2S. The van der Waals surface area contributed by atoms with Gasteiger partial charge in [-0.1, -0.05) is 0 Å². The van der Waals surface area contributed by atoms with Gasteiger partial charge in [0, 0.05) is 61.9 Å². The average molecular weight is 385 g/mol. The summed E-state index contributed by atoms with van der Waals surface area (Å²) < 4.78 is 25.1. The second-order valence-electron chi connectivity index (χ2n) is 6.90. The van der Waals surface area contributed by atoms with E-state index < -0.39 is 10.0 Å². The maximum absolute atomic E-state index is 11.3. The van der Waals surface area contributed by atoms with Crippen molar-refractivity contribution < 1.29 is 8.42 Å². The van der Waals surface area contributed by atoms with Crippen LogP contribution in [0.25, 0.3) is 11.0 Å². The number of aromatic nitrogens is 2. The van der Waals surface area contributed by atoms with Crippen LogP contribution in [0.4, 0.5) is 11.4 Å². The van der Waals surface area contributed by atoms with E-state index in [2.05, 4.69) is 36.8 Å². The molecule has 1 saturated heterocycles. The number of fused-ring (bicyclic) bond motifs is 1. The van der Waals surface area contributed by atoms with Crippen molar-refractivity contribution in [2.24, 2.45) is 0 Å². The second kappa shape index (κ2) is 7.21. The van der Waals surface area contributed by atoms with Crippen LogP contribution < -0.4 is 9.62 Å². The van der Waals surface area contributed by atoms with E-state index in [-0.39, 0.29) is 0 Å². The Balaban J connectivity index is 1.36. The normalized spacial score (nSPS) is 16.0. The number of piperazine rings is 1. The zero-order valence-electron chi connectivity index (χ0n) is 15.2. The van der Waals surface area contributed by atoms with Gasteiger partial charge in [0.15, 0.2) is 0 Å². The maximum atomic E-state index is 11.3. The van der Waals surface area contributed by atoms with Gasteiger partial charge in [-0.3, -0.25) is 9.62 Å². The predicted octanol–water partition coefficient (Wildman–Crippen LogP) is 2.26. The molecule has 0 bridgehead atoms. The van der Waals surface area contributed by atoms with Crippen molar-refractivity contribution in [3.05, 3.63) is 54.4 Å². The third-order valence-electron chi connectivity index (χ3n) is 4.84. The van der Waals surface area contributed by atoms with Crippen LogP contribution in [0.15, 0.2) is 48.8 Å². The number of nitrogens with zero attached hydrogens (tertiary/aromatic N) is 3. The predicted molar refractivity (Wildman–Crippen MR) is 108 cm³/mol. The van der Waals surface area contributed by atoms with Crippen molar-refractivity contribution >= 4 is 32.4 Å². The highest BCUT2D eigenvalue weighted by Gasteiger charge is 2.18. The molecule has 1 aliphatic heterocycles. The zero-order valence-corrected chi connectivity index (χ0v) is 16.0. The van der Waals surface area contributed by atoms with E-state index in [0.29, 0.717) is 5.69 Å². The quantitative estimate of drug-likeness (QED) is 0.704. The van der Waals surface area contributed by atoms with Crippen LogP contribution in [0.1, 0.15) is 5.56 Å². The smallest absolute Gasteiger partial charge is 0.229 e. The summed E-state index contributed by atoms with van der Waals surface area (Å²) in [5, 5.41) is 1.19. The lowest BCUT2D eigenvalue weighted by Crippen LogP contribution is -2.45. The third-order valence-corrected chi connectivity index (χ3v) is 5.45. The fourth-order valence-corrected chi connectivity index (χ4v) is 4.07. The molecule has 0 unspecified atom stereocenters. The van der Waals surface area contributed by atoms with Crippen molar-refractivity contribution in [2.45, 2.75) is 6.54 Å². The van der Waals surface area contributed by atoms with Gasteiger partial charge in [0.25, 0.3) is 0 Å². The molecule has 8 heteroatoms. The number of pyridine rings is 1. The highest BCUT2D eigenvalue weighted by molar-refractivity contribution is 7.92. The number of hydrogen-bond acceptors (Lipinski definition) is 5. The van der Waals surface area contributed by atoms with E-state index in [1.807, 2.05) is 30.3 Å². The van der Waals surface area contributed by atoms with Gasteiger partial charge in [-0.25, -0.2) is 13.4 Å². The lowest BCUT2D eigenvalue weighted by molar-refractivity contribution is 0.250. The molecule has 142 valence electrons. The molecule has 0 aliphatic carbocycles. The number of aromatic amines is 1. The van der Waals surface area contributed by atoms with E-state index in [0.717, 1.165) is 50.3 Å². The molecular weight excluding hydrogens is 362 g/mol. The molecule has 1 aromatic carbocycles. The van der Waals surface area contributed by atoms with Gasteiger partial charge in [0.05, 0.1) is 6.26 Å². The Bertz CT molecular complexity index is 1020. The Morgan fingerprint density at radius 1 is 1.11 bits per heavy atom. The van der Waals surface area contributed by atoms with E-state index in [9.17, 15) is 8.42 Å². The van der Waals surface area contributed by atoms with Crippen molar-refractivity contribution in [1.82, 2.24) is 14.9 Å². The minimum Gasteiger partial charge on any atom is -0.369 e. The Hall–Kier alpha value is -2.58. The molecule has 2 N–H and O–H groups in total. The van der Waals surface area contributed by atoms with E-state index >= 15 is 0 Å². The van der Waals surface area contributed by atoms with Crippen LogP contribution in [0, 0.1) is 0 Å². The summed E-state index contributed by atoms with van der Waals surface area (Å²) in [5.41, 5.74) is 3.93. The maximum Gasteiger partial charge on any atom is 0.229 e. The number of anilines is 2. The fourth-order valence-electron chi connectivity index (χ4n) is 3.50. The molecule has 1 fully saturated rings. The second-order valence-corrected chi connectivity index (χ2v) is 8.65. The first-order valence-electron chi connectivity index (χ1n) is 8.94. The van der Waals surface area contributed by atoms with Gasteiger partial charge in [0.2, 0.25) is 10.0 Å². The Labute approximate surface area is 159 Å². The lowest BCUT2D eigenvalue weighted by Gasteiger charge is -2.36. The van der Waals surface area contributed by atoms with Crippen molar-refractivity contribution in [3.63, 3.8) is 0 Å². The molecule has 0 amide bonds. The number of hydrogen-bond donors (Lipinski definition) is 2. The highest BCUT2D eigenvalue weighted by atomic mass is 32.2. The summed E-state index contributed by atoms with van der Waals surface area (Å²) >= 11 is 0. The molecule has 0 saturated carbocycles. The summed E-state index contributed by atoms with van der Waals surface area (Å²) in [4.78, 5) is 12.4. The van der Waals surface area contributed by atoms with Crippen LogP contribution in [0.3, 0.4) is 0 Å². The molecule has 27 heavy (non-hydrogen) atoms. The molecule has 3 aromatic rings. The Morgan fingerprint density at radius 3 is 2.56 bits per heavy atom. The Morgan fingerprint density at radius 2 is 1.85 bits per heavy atom. The summed E-state index contributed by atoms with van der Waals surface area (Å²) in [5.74, 6) is 0. The third kappa shape index (κ3) is 4.23.